The molecule has 2 aromatic rings. The Morgan fingerprint density at radius 3 is 0.846 bits per heavy atom. The Labute approximate surface area is 325 Å². The van der Waals surface area contributed by atoms with Gasteiger partial charge in [-0.2, -0.15) is 0 Å². The van der Waals surface area contributed by atoms with Crippen molar-refractivity contribution in [3.8, 4) is 0 Å². The van der Waals surface area contributed by atoms with Gasteiger partial charge in [0, 0.05) is 37.4 Å². The van der Waals surface area contributed by atoms with Crippen LogP contribution in [0.25, 0.3) is 0 Å². The maximum Gasteiger partial charge on any atom is 0.121 e. The lowest BCUT2D eigenvalue weighted by Crippen LogP contribution is -2.68. The van der Waals surface area contributed by atoms with Gasteiger partial charge in [-0.3, -0.25) is 9.98 Å². The van der Waals surface area contributed by atoms with Gasteiger partial charge < -0.3 is 8.46 Å². The molecule has 0 aliphatic heterocycles. The minimum absolute atomic E-state index is 0.0703. The van der Waals surface area contributed by atoms with Crippen molar-refractivity contribution in [1.82, 2.24) is 8.46 Å². The van der Waals surface area contributed by atoms with E-state index in [2.05, 4.69) is 205 Å². The highest BCUT2D eigenvalue weighted by molar-refractivity contribution is 6.94. The summed E-state index contributed by atoms with van der Waals surface area (Å²) in [6.07, 6.45) is 4.69. The third kappa shape index (κ3) is 7.56. The number of fused-ring (bicyclic) bond motifs is 1. The van der Waals surface area contributed by atoms with E-state index < -0.39 is 32.9 Å². The molecule has 5 rings (SSSR count). The van der Waals surface area contributed by atoms with Crippen molar-refractivity contribution < 1.29 is 0 Å². The first-order valence-electron chi connectivity index (χ1n) is 20.2. The molecule has 0 saturated heterocycles. The average molecular weight is 775 g/mol. The van der Waals surface area contributed by atoms with Crippen molar-refractivity contribution in [3.63, 3.8) is 0 Å². The van der Waals surface area contributed by atoms with Gasteiger partial charge in [0.15, 0.2) is 0 Å². The van der Waals surface area contributed by atoms with E-state index in [0.717, 1.165) is 13.1 Å². The minimum atomic E-state index is -1.84. The summed E-state index contributed by atoms with van der Waals surface area (Å²) < 4.78 is 6.00. The topological polar surface area (TPSA) is 31.2 Å². The number of hydrogen-bond acceptors (Lipinski definition) is 4. The van der Waals surface area contributed by atoms with Crippen molar-refractivity contribution in [2.45, 2.75) is 180 Å². The van der Waals surface area contributed by atoms with Gasteiger partial charge in [0.2, 0.25) is 0 Å². The summed E-state index contributed by atoms with van der Waals surface area (Å²) in [6, 6.07) is 18.6. The molecule has 0 saturated carbocycles. The van der Waals surface area contributed by atoms with Crippen molar-refractivity contribution >= 4 is 45.4 Å². The Bertz CT molecular complexity index is 1410. The second kappa shape index (κ2) is 14.3. The van der Waals surface area contributed by atoms with E-state index in [0.29, 0.717) is 0 Å². The highest BCUT2D eigenvalue weighted by Crippen LogP contribution is 2.55. The molecule has 2 atom stereocenters. The van der Waals surface area contributed by atoms with Crippen LogP contribution in [0.1, 0.15) is 117 Å². The molecule has 0 fully saturated rings. The van der Waals surface area contributed by atoms with Crippen LogP contribution in [0.4, 0.5) is 0 Å². The predicted molar refractivity (Wildman–Crippen MR) is 243 cm³/mol. The zero-order valence-electron chi connectivity index (χ0n) is 37.3. The lowest BCUT2D eigenvalue weighted by atomic mass is 9.59. The molecule has 0 spiro atoms. The van der Waals surface area contributed by atoms with Crippen LogP contribution in [0.15, 0.2) is 58.5 Å². The summed E-state index contributed by atoms with van der Waals surface area (Å²) in [5, 5.41) is 1.02. The van der Waals surface area contributed by atoms with Gasteiger partial charge in [0.25, 0.3) is 0 Å². The second-order valence-electron chi connectivity index (χ2n) is 22.3. The van der Waals surface area contributed by atoms with Crippen LogP contribution in [0, 0.1) is 0 Å². The van der Waals surface area contributed by atoms with E-state index in [1.807, 2.05) is 0 Å². The van der Waals surface area contributed by atoms with E-state index in [1.54, 1.807) is 0 Å². The van der Waals surface area contributed by atoms with Crippen LogP contribution >= 0.6 is 0 Å². The van der Waals surface area contributed by atoms with Crippen molar-refractivity contribution in [2.24, 2.45) is 9.98 Å². The first-order valence-corrected chi connectivity index (χ1v) is 32.0. The molecule has 0 aromatic heterocycles. The number of aliphatic imine (C=N–C) groups is 2. The monoisotopic (exact) mass is 775 g/mol. The molecule has 0 N–H and O–H groups in total. The van der Waals surface area contributed by atoms with Crippen molar-refractivity contribution in [1.29, 1.82) is 0 Å². The molecule has 3 aliphatic rings. The van der Waals surface area contributed by atoms with Crippen LogP contribution < -0.4 is 0 Å². The van der Waals surface area contributed by atoms with Crippen LogP contribution in [0.2, 0.25) is 72.5 Å². The number of rotatable bonds is 10. The van der Waals surface area contributed by atoms with Crippen LogP contribution in [-0.4, -0.2) is 79.0 Å². The Hall–Kier alpha value is -1.43. The molecule has 8 heteroatoms. The molecule has 4 nitrogen and oxygen atoms in total. The van der Waals surface area contributed by atoms with Gasteiger partial charge in [-0.25, -0.2) is 0 Å². The molecule has 290 valence electrons. The standard InChI is InChI=1S/C44H78N4Si4/c1-41(2,3)49(13,14)47(50(15,16)42(4,5)6)31-29-45-39-37-33-25-21-23-27-35(33)38(36-28-24-22-26-34(36)37)40(39)46-30-32-48(51(17,18)43(7,8)9)52(19,20)44(10,11)12/h21-30,37-40H,31-32H2,1-20H3/t37?,38?,39-,40-/m1/s1. The number of nitrogens with zero attached hydrogens (tertiary/aromatic N) is 4. The summed E-state index contributed by atoms with van der Waals surface area (Å²) >= 11 is 0. The first-order chi connectivity index (χ1) is 23.4. The third-order valence-electron chi connectivity index (χ3n) is 15.5. The Balaban J connectivity index is 1.85. The fraction of sp³-hybridized carbons (Fsp3) is 0.682. The highest BCUT2D eigenvalue weighted by atomic mass is 28.4. The average Bonchev–Trinajstić information content (AvgIpc) is 2.99. The van der Waals surface area contributed by atoms with Gasteiger partial charge in [0.1, 0.15) is 32.9 Å². The summed E-state index contributed by atoms with van der Waals surface area (Å²) in [4.78, 5) is 11.4. The lowest BCUT2D eigenvalue weighted by Gasteiger charge is -2.56. The molecule has 52 heavy (non-hydrogen) atoms. The molecule has 3 aliphatic carbocycles. The molecule has 0 radical (unpaired) electrons. The molecule has 2 aromatic carbocycles. The molecule has 0 amide bonds. The van der Waals surface area contributed by atoms with Gasteiger partial charge in [-0.15, -0.1) is 0 Å². The quantitative estimate of drug-likeness (QED) is 0.178. The predicted octanol–water partition coefficient (Wildman–Crippen LogP) is 12.8. The molecular weight excluding hydrogens is 697 g/mol. The fourth-order valence-electron chi connectivity index (χ4n) is 8.40. The first kappa shape index (κ1) is 43.3. The van der Waals surface area contributed by atoms with Gasteiger partial charge in [-0.1, -0.05) is 184 Å². The Morgan fingerprint density at radius 2 is 0.654 bits per heavy atom. The van der Waals surface area contributed by atoms with Crippen molar-refractivity contribution in [3.05, 3.63) is 70.8 Å². The highest BCUT2D eigenvalue weighted by Gasteiger charge is 2.54. The number of benzene rings is 2. The smallest absolute Gasteiger partial charge is 0.121 e. The van der Waals surface area contributed by atoms with E-state index in [9.17, 15) is 0 Å². The Kier molecular flexibility index (Phi) is 11.9. The summed E-state index contributed by atoms with van der Waals surface area (Å²) in [5.41, 5.74) is 5.81. The minimum Gasteiger partial charge on any atom is -0.340 e. The number of hydrogen-bond donors (Lipinski definition) is 0. The maximum absolute atomic E-state index is 5.72. The zero-order chi connectivity index (χ0) is 39.7. The van der Waals surface area contributed by atoms with Gasteiger partial charge in [-0.05, 0) is 42.4 Å². The normalized spacial score (nSPS) is 22.2. The van der Waals surface area contributed by atoms with Gasteiger partial charge >= 0.3 is 0 Å². The largest absolute Gasteiger partial charge is 0.340 e. The molecule has 0 heterocycles. The molecule has 0 unspecified atom stereocenters. The zero-order valence-corrected chi connectivity index (χ0v) is 41.3. The maximum atomic E-state index is 5.72. The fourth-order valence-corrected chi connectivity index (χ4v) is 29.0. The van der Waals surface area contributed by atoms with E-state index in [4.69, 9.17) is 9.98 Å². The van der Waals surface area contributed by atoms with Crippen LogP contribution in [-0.2, 0) is 0 Å². The second-order valence-corrected chi connectivity index (χ2v) is 43.8. The Morgan fingerprint density at radius 1 is 0.442 bits per heavy atom. The van der Waals surface area contributed by atoms with E-state index >= 15 is 0 Å². The summed E-state index contributed by atoms with van der Waals surface area (Å²) in [5.74, 6) is 0.420. The van der Waals surface area contributed by atoms with Crippen LogP contribution in [0.5, 0.6) is 0 Å². The van der Waals surface area contributed by atoms with E-state index in [1.165, 1.54) is 22.3 Å². The third-order valence-corrected chi connectivity index (χ3v) is 43.0. The van der Waals surface area contributed by atoms with Gasteiger partial charge in [0.05, 0.1) is 12.1 Å². The summed E-state index contributed by atoms with van der Waals surface area (Å²) in [6.45, 7) is 52.2. The van der Waals surface area contributed by atoms with E-state index in [-0.39, 0.29) is 44.1 Å². The summed E-state index contributed by atoms with van der Waals surface area (Å²) in [7, 11) is -7.36. The SMILES string of the molecule is CC(C)(C)[Si](C)(C)N(CC=N[C@@H]1C2c3ccccc3C(c3ccccc32)[C@H]1N=CCN([Si](C)(C)C(C)(C)C)[Si](C)(C)C(C)(C)C)[Si](C)(C)C(C)(C)C. The van der Waals surface area contributed by atoms with Crippen molar-refractivity contribution in [2.75, 3.05) is 13.1 Å². The molecular formula is C44H78N4Si4. The lowest BCUT2D eigenvalue weighted by molar-refractivity contribution is 0.389. The molecule has 2 bridgehead atoms. The van der Waals surface area contributed by atoms with Crippen LogP contribution in [0.3, 0.4) is 0 Å².